The second-order valence-corrected chi connectivity index (χ2v) is 7.01. The fourth-order valence-corrected chi connectivity index (χ4v) is 3.45. The Labute approximate surface area is 161 Å². The second kappa shape index (κ2) is 7.09. The SMILES string of the molecule is CN1CCN(c2nc(-c3ccccc3Cl)c3cc([N+](=O)[O-])ccc3n2)CC1. The highest BCUT2D eigenvalue weighted by atomic mass is 35.5. The number of non-ortho nitro benzene ring substituents is 1. The Hall–Kier alpha value is -2.77. The fraction of sp³-hybridized carbons (Fsp3) is 0.263. The molecule has 27 heavy (non-hydrogen) atoms. The van der Waals surface area contributed by atoms with Crippen molar-refractivity contribution in [2.45, 2.75) is 0 Å². The smallest absolute Gasteiger partial charge is 0.270 e. The van der Waals surface area contributed by atoms with Crippen molar-refractivity contribution in [2.75, 3.05) is 38.1 Å². The van der Waals surface area contributed by atoms with E-state index in [1.165, 1.54) is 12.1 Å². The zero-order valence-electron chi connectivity index (χ0n) is 14.8. The van der Waals surface area contributed by atoms with Gasteiger partial charge in [-0.1, -0.05) is 29.8 Å². The molecule has 1 aromatic heterocycles. The van der Waals surface area contributed by atoms with E-state index in [0.717, 1.165) is 31.7 Å². The third kappa shape index (κ3) is 3.43. The Morgan fingerprint density at radius 2 is 1.81 bits per heavy atom. The Balaban J connectivity index is 1.92. The lowest BCUT2D eigenvalue weighted by molar-refractivity contribution is -0.384. The van der Waals surface area contributed by atoms with Crippen LogP contribution in [0.25, 0.3) is 22.2 Å². The summed E-state index contributed by atoms with van der Waals surface area (Å²) in [5, 5.41) is 12.4. The topological polar surface area (TPSA) is 75.4 Å². The van der Waals surface area contributed by atoms with Gasteiger partial charge in [0.15, 0.2) is 0 Å². The Morgan fingerprint density at radius 3 is 2.52 bits per heavy atom. The summed E-state index contributed by atoms with van der Waals surface area (Å²) >= 11 is 6.40. The number of nitrogens with zero attached hydrogens (tertiary/aromatic N) is 5. The van der Waals surface area contributed by atoms with E-state index in [1.807, 2.05) is 18.2 Å². The van der Waals surface area contributed by atoms with Gasteiger partial charge in [-0.3, -0.25) is 10.1 Å². The molecule has 1 aliphatic rings. The van der Waals surface area contributed by atoms with Crippen LogP contribution >= 0.6 is 11.6 Å². The van der Waals surface area contributed by atoms with Crippen molar-refractivity contribution in [2.24, 2.45) is 0 Å². The van der Waals surface area contributed by atoms with Crippen molar-refractivity contribution in [3.05, 3.63) is 57.6 Å². The van der Waals surface area contributed by atoms with Crippen LogP contribution in [0.3, 0.4) is 0 Å². The van der Waals surface area contributed by atoms with Crippen LogP contribution in [0.15, 0.2) is 42.5 Å². The van der Waals surface area contributed by atoms with E-state index in [9.17, 15) is 10.1 Å². The van der Waals surface area contributed by atoms with Crippen LogP contribution in [-0.2, 0) is 0 Å². The quantitative estimate of drug-likeness (QED) is 0.508. The summed E-state index contributed by atoms with van der Waals surface area (Å²) < 4.78 is 0. The molecule has 138 valence electrons. The number of aromatic nitrogens is 2. The highest BCUT2D eigenvalue weighted by molar-refractivity contribution is 6.33. The summed E-state index contributed by atoms with van der Waals surface area (Å²) in [6.45, 7) is 3.53. The lowest BCUT2D eigenvalue weighted by Crippen LogP contribution is -2.45. The molecule has 1 fully saturated rings. The molecule has 7 nitrogen and oxygen atoms in total. The first-order chi connectivity index (χ1) is 13.0. The number of halogens is 1. The van der Waals surface area contributed by atoms with Gasteiger partial charge in [0.2, 0.25) is 5.95 Å². The number of benzene rings is 2. The first-order valence-electron chi connectivity index (χ1n) is 8.67. The standard InChI is InChI=1S/C19H18ClN5O2/c1-23-8-10-24(11-9-23)19-21-17-7-6-13(25(26)27)12-15(17)18(22-19)14-4-2-3-5-16(14)20/h2-7,12H,8-11H2,1H3. The summed E-state index contributed by atoms with van der Waals surface area (Å²) in [7, 11) is 2.09. The molecule has 0 radical (unpaired) electrons. The minimum absolute atomic E-state index is 0.00625. The molecule has 0 spiro atoms. The zero-order chi connectivity index (χ0) is 19.0. The minimum Gasteiger partial charge on any atom is -0.338 e. The summed E-state index contributed by atoms with van der Waals surface area (Å²) in [5.74, 6) is 0.624. The minimum atomic E-state index is -0.412. The number of fused-ring (bicyclic) bond motifs is 1. The number of hydrogen-bond donors (Lipinski definition) is 0. The van der Waals surface area contributed by atoms with Crippen LogP contribution in [0.5, 0.6) is 0 Å². The van der Waals surface area contributed by atoms with Gasteiger partial charge in [0.1, 0.15) is 0 Å². The van der Waals surface area contributed by atoms with Crippen molar-refractivity contribution < 1.29 is 4.92 Å². The van der Waals surface area contributed by atoms with E-state index in [1.54, 1.807) is 12.1 Å². The third-order valence-electron chi connectivity index (χ3n) is 4.79. The number of hydrogen-bond acceptors (Lipinski definition) is 6. The van der Waals surface area contributed by atoms with Crippen LogP contribution < -0.4 is 4.90 Å². The van der Waals surface area contributed by atoms with Gasteiger partial charge in [-0.2, -0.15) is 0 Å². The van der Waals surface area contributed by atoms with Crippen LogP contribution in [0.1, 0.15) is 0 Å². The first kappa shape index (κ1) is 17.6. The number of piperazine rings is 1. The maximum absolute atomic E-state index is 11.2. The van der Waals surface area contributed by atoms with Crippen LogP contribution in [-0.4, -0.2) is 53.0 Å². The van der Waals surface area contributed by atoms with E-state index in [-0.39, 0.29) is 5.69 Å². The summed E-state index contributed by atoms with van der Waals surface area (Å²) in [6, 6.07) is 12.0. The van der Waals surface area contributed by atoms with Crippen LogP contribution in [0.4, 0.5) is 11.6 Å². The molecule has 1 saturated heterocycles. The normalized spacial score (nSPS) is 15.3. The number of nitro benzene ring substituents is 1. The number of likely N-dealkylation sites (N-methyl/N-ethyl adjacent to an activating group) is 1. The lowest BCUT2D eigenvalue weighted by atomic mass is 10.1. The highest BCUT2D eigenvalue weighted by Crippen LogP contribution is 2.34. The average molecular weight is 384 g/mol. The van der Waals surface area contributed by atoms with Crippen molar-refractivity contribution in [3.8, 4) is 11.3 Å². The molecule has 0 bridgehead atoms. The van der Waals surface area contributed by atoms with E-state index < -0.39 is 4.92 Å². The van der Waals surface area contributed by atoms with Gasteiger partial charge < -0.3 is 9.80 Å². The molecular formula is C19H18ClN5O2. The molecule has 0 atom stereocenters. The van der Waals surface area contributed by atoms with Crippen LogP contribution in [0.2, 0.25) is 5.02 Å². The highest BCUT2D eigenvalue weighted by Gasteiger charge is 2.21. The molecule has 0 amide bonds. The van der Waals surface area contributed by atoms with Gasteiger partial charge in [-0.05, 0) is 19.2 Å². The summed E-state index contributed by atoms with van der Waals surface area (Å²) in [4.78, 5) is 24.7. The van der Waals surface area contributed by atoms with Gasteiger partial charge in [0.05, 0.1) is 16.1 Å². The number of anilines is 1. The predicted octanol–water partition coefficient (Wildman–Crippen LogP) is 3.61. The molecule has 2 aromatic carbocycles. The molecule has 0 saturated carbocycles. The summed E-state index contributed by atoms with van der Waals surface area (Å²) in [6.07, 6.45) is 0. The van der Waals surface area contributed by atoms with E-state index in [0.29, 0.717) is 27.6 Å². The predicted molar refractivity (Wildman–Crippen MR) is 106 cm³/mol. The Kier molecular flexibility index (Phi) is 4.63. The molecular weight excluding hydrogens is 366 g/mol. The average Bonchev–Trinajstić information content (AvgIpc) is 2.67. The van der Waals surface area contributed by atoms with Crippen LogP contribution in [0, 0.1) is 10.1 Å². The molecule has 8 heteroatoms. The second-order valence-electron chi connectivity index (χ2n) is 6.60. The van der Waals surface area contributed by atoms with Gasteiger partial charge >= 0.3 is 0 Å². The molecule has 0 N–H and O–H groups in total. The van der Waals surface area contributed by atoms with Gasteiger partial charge in [-0.25, -0.2) is 9.97 Å². The molecule has 2 heterocycles. The van der Waals surface area contributed by atoms with Crippen molar-refractivity contribution in [3.63, 3.8) is 0 Å². The molecule has 1 aliphatic heterocycles. The van der Waals surface area contributed by atoms with Crippen molar-refractivity contribution in [1.29, 1.82) is 0 Å². The lowest BCUT2D eigenvalue weighted by Gasteiger charge is -2.32. The van der Waals surface area contributed by atoms with Crippen molar-refractivity contribution in [1.82, 2.24) is 14.9 Å². The largest absolute Gasteiger partial charge is 0.338 e. The maximum Gasteiger partial charge on any atom is 0.270 e. The summed E-state index contributed by atoms with van der Waals surface area (Å²) in [5.41, 5.74) is 2.02. The van der Waals surface area contributed by atoms with E-state index in [4.69, 9.17) is 16.6 Å². The number of rotatable bonds is 3. The molecule has 0 unspecified atom stereocenters. The van der Waals surface area contributed by atoms with Crippen molar-refractivity contribution >= 4 is 34.1 Å². The number of nitro groups is 1. The monoisotopic (exact) mass is 383 g/mol. The van der Waals surface area contributed by atoms with Gasteiger partial charge in [-0.15, -0.1) is 0 Å². The maximum atomic E-state index is 11.2. The van der Waals surface area contributed by atoms with Gasteiger partial charge in [0.25, 0.3) is 5.69 Å². The third-order valence-corrected chi connectivity index (χ3v) is 5.12. The van der Waals surface area contributed by atoms with Gasteiger partial charge in [0, 0.05) is 54.3 Å². The molecule has 0 aliphatic carbocycles. The molecule has 3 aromatic rings. The fourth-order valence-electron chi connectivity index (χ4n) is 3.22. The van der Waals surface area contributed by atoms with E-state index in [2.05, 4.69) is 21.8 Å². The first-order valence-corrected chi connectivity index (χ1v) is 9.05. The zero-order valence-corrected chi connectivity index (χ0v) is 15.6. The Morgan fingerprint density at radius 1 is 1.07 bits per heavy atom. The molecule has 4 rings (SSSR count). The Bertz CT molecular complexity index is 1020. The van der Waals surface area contributed by atoms with E-state index >= 15 is 0 Å².